The molecule has 0 radical (unpaired) electrons. The molecule has 3 heterocycles. The van der Waals surface area contributed by atoms with Crippen LogP contribution in [0.4, 0.5) is 0 Å². The van der Waals surface area contributed by atoms with Crippen molar-refractivity contribution in [1.29, 1.82) is 0 Å². The van der Waals surface area contributed by atoms with Gasteiger partial charge in [-0.2, -0.15) is 0 Å². The number of aromatic nitrogens is 3. The van der Waals surface area contributed by atoms with Crippen LogP contribution in [0.2, 0.25) is 0 Å². The topological polar surface area (TPSA) is 103 Å². The quantitative estimate of drug-likeness (QED) is 0.395. The molecule has 1 saturated heterocycles. The summed E-state index contributed by atoms with van der Waals surface area (Å²) in [5, 5.41) is 10.3. The highest BCUT2D eigenvalue weighted by atomic mass is 127. The first-order chi connectivity index (χ1) is 12.2. The molecule has 2 aromatic rings. The SMILES string of the molecule is CCNC(=NCc1nc(-c2ccco2)n[nH]1)N1CCN(C(C)=O)CC1.I. The molecule has 1 aliphatic rings. The maximum absolute atomic E-state index is 11.4. The van der Waals surface area contributed by atoms with Crippen LogP contribution < -0.4 is 5.32 Å². The number of hydrogen-bond acceptors (Lipinski definition) is 5. The first-order valence-electron chi connectivity index (χ1n) is 8.41. The minimum absolute atomic E-state index is 0. The van der Waals surface area contributed by atoms with E-state index in [2.05, 4.69) is 30.4 Å². The van der Waals surface area contributed by atoms with Gasteiger partial charge in [-0.05, 0) is 19.1 Å². The van der Waals surface area contributed by atoms with Crippen molar-refractivity contribution in [1.82, 2.24) is 30.3 Å². The van der Waals surface area contributed by atoms with Crippen molar-refractivity contribution in [3.63, 3.8) is 0 Å². The Kier molecular flexibility index (Phi) is 7.42. The van der Waals surface area contributed by atoms with Crippen LogP contribution in [0.1, 0.15) is 19.7 Å². The zero-order valence-corrected chi connectivity index (χ0v) is 17.3. The van der Waals surface area contributed by atoms with Gasteiger partial charge in [0.25, 0.3) is 0 Å². The second-order valence-corrected chi connectivity index (χ2v) is 5.75. The van der Waals surface area contributed by atoms with Crippen LogP contribution in [0.25, 0.3) is 11.6 Å². The van der Waals surface area contributed by atoms with Crippen LogP contribution in [-0.4, -0.2) is 69.6 Å². The standard InChI is InChI=1S/C16H23N7O2.HI/c1-3-17-16(23-8-6-22(7-9-23)12(2)24)18-11-14-19-15(21-20-14)13-5-4-10-25-13;/h4-5,10H,3,6-9,11H2,1-2H3,(H,17,18)(H,19,20,21);1H. The van der Waals surface area contributed by atoms with Crippen molar-refractivity contribution < 1.29 is 9.21 Å². The Balaban J connectivity index is 0.00000243. The van der Waals surface area contributed by atoms with Crippen molar-refractivity contribution in [2.24, 2.45) is 4.99 Å². The van der Waals surface area contributed by atoms with Crippen LogP contribution in [0, 0.1) is 0 Å². The molecule has 10 heteroatoms. The predicted octanol–water partition coefficient (Wildman–Crippen LogP) is 1.31. The number of carbonyl (C=O) groups is 1. The average Bonchev–Trinajstić information content (AvgIpc) is 3.30. The monoisotopic (exact) mass is 473 g/mol. The van der Waals surface area contributed by atoms with Gasteiger partial charge in [-0.25, -0.2) is 9.98 Å². The maximum Gasteiger partial charge on any atom is 0.219 e. The summed E-state index contributed by atoms with van der Waals surface area (Å²) in [4.78, 5) is 24.5. The Morgan fingerprint density at radius 2 is 2.08 bits per heavy atom. The molecule has 1 fully saturated rings. The number of H-pyrrole nitrogens is 1. The van der Waals surface area contributed by atoms with Gasteiger partial charge in [0.15, 0.2) is 11.7 Å². The zero-order valence-electron chi connectivity index (χ0n) is 14.9. The van der Waals surface area contributed by atoms with Gasteiger partial charge in [-0.15, -0.1) is 29.1 Å². The minimum Gasteiger partial charge on any atom is -0.461 e. The van der Waals surface area contributed by atoms with E-state index < -0.39 is 0 Å². The molecule has 0 unspecified atom stereocenters. The normalized spacial score (nSPS) is 14.9. The molecule has 0 bridgehead atoms. The first kappa shape index (κ1) is 20.2. The van der Waals surface area contributed by atoms with E-state index >= 15 is 0 Å². The molecule has 0 atom stereocenters. The summed E-state index contributed by atoms with van der Waals surface area (Å²) in [5.74, 6) is 2.76. The summed E-state index contributed by atoms with van der Waals surface area (Å²) >= 11 is 0. The number of guanidine groups is 1. The third-order valence-electron chi connectivity index (χ3n) is 4.01. The zero-order chi connectivity index (χ0) is 17.6. The fourth-order valence-corrected chi connectivity index (χ4v) is 2.69. The van der Waals surface area contributed by atoms with Crippen LogP contribution in [-0.2, 0) is 11.3 Å². The molecule has 2 aromatic heterocycles. The number of rotatable bonds is 4. The Hall–Kier alpha value is -2.11. The molecule has 0 saturated carbocycles. The predicted molar refractivity (Wildman–Crippen MR) is 108 cm³/mol. The highest BCUT2D eigenvalue weighted by molar-refractivity contribution is 14.0. The smallest absolute Gasteiger partial charge is 0.219 e. The number of aliphatic imine (C=N–C) groups is 1. The van der Waals surface area contributed by atoms with E-state index in [1.165, 1.54) is 0 Å². The fraction of sp³-hybridized carbons (Fsp3) is 0.500. The number of furan rings is 1. The second kappa shape index (κ2) is 9.55. The number of hydrogen-bond donors (Lipinski definition) is 2. The Bertz CT molecular complexity index is 721. The van der Waals surface area contributed by atoms with Crippen LogP contribution in [0.15, 0.2) is 27.8 Å². The average molecular weight is 473 g/mol. The van der Waals surface area contributed by atoms with Crippen molar-refractivity contribution in [2.75, 3.05) is 32.7 Å². The fourth-order valence-electron chi connectivity index (χ4n) is 2.69. The summed E-state index contributed by atoms with van der Waals surface area (Å²) in [6.07, 6.45) is 1.59. The summed E-state index contributed by atoms with van der Waals surface area (Å²) in [5.41, 5.74) is 0. The van der Waals surface area contributed by atoms with Gasteiger partial charge in [0.1, 0.15) is 12.4 Å². The lowest BCUT2D eigenvalue weighted by molar-refractivity contribution is -0.130. The summed E-state index contributed by atoms with van der Waals surface area (Å²) in [6.45, 7) is 7.76. The summed E-state index contributed by atoms with van der Waals surface area (Å²) < 4.78 is 5.29. The van der Waals surface area contributed by atoms with Crippen molar-refractivity contribution >= 4 is 35.8 Å². The van der Waals surface area contributed by atoms with Crippen LogP contribution in [0.3, 0.4) is 0 Å². The maximum atomic E-state index is 11.4. The van der Waals surface area contributed by atoms with E-state index in [1.54, 1.807) is 19.3 Å². The number of amides is 1. The summed E-state index contributed by atoms with van der Waals surface area (Å²) in [6, 6.07) is 3.61. The molecule has 2 N–H and O–H groups in total. The molecule has 0 aliphatic carbocycles. The van der Waals surface area contributed by atoms with Gasteiger partial charge in [0.2, 0.25) is 11.7 Å². The number of nitrogens with one attached hydrogen (secondary N) is 2. The molecular formula is C16H24IN7O2. The number of aromatic amines is 1. The first-order valence-corrected chi connectivity index (χ1v) is 8.41. The van der Waals surface area contributed by atoms with Gasteiger partial charge in [0.05, 0.1) is 6.26 Å². The van der Waals surface area contributed by atoms with Gasteiger partial charge in [-0.1, -0.05) is 0 Å². The Morgan fingerprint density at radius 1 is 1.35 bits per heavy atom. The van der Waals surface area contributed by atoms with Crippen LogP contribution in [0.5, 0.6) is 0 Å². The van der Waals surface area contributed by atoms with Crippen molar-refractivity contribution in [3.8, 4) is 11.6 Å². The lowest BCUT2D eigenvalue weighted by Crippen LogP contribution is -2.53. The third-order valence-corrected chi connectivity index (χ3v) is 4.01. The molecule has 0 spiro atoms. The van der Waals surface area contributed by atoms with Crippen molar-refractivity contribution in [3.05, 3.63) is 24.2 Å². The van der Waals surface area contributed by atoms with E-state index in [9.17, 15) is 4.79 Å². The highest BCUT2D eigenvalue weighted by Gasteiger charge is 2.21. The lowest BCUT2D eigenvalue weighted by Gasteiger charge is -2.36. The van der Waals surface area contributed by atoms with Crippen molar-refractivity contribution in [2.45, 2.75) is 20.4 Å². The molecule has 1 aliphatic heterocycles. The van der Waals surface area contributed by atoms with Gasteiger partial charge >= 0.3 is 0 Å². The molecule has 3 rings (SSSR count). The van der Waals surface area contributed by atoms with E-state index in [0.29, 0.717) is 37.0 Å². The Labute approximate surface area is 169 Å². The highest BCUT2D eigenvalue weighted by Crippen LogP contribution is 2.14. The molecular weight excluding hydrogens is 449 g/mol. The second-order valence-electron chi connectivity index (χ2n) is 5.75. The van der Waals surface area contributed by atoms with Crippen LogP contribution >= 0.6 is 24.0 Å². The molecule has 9 nitrogen and oxygen atoms in total. The molecule has 142 valence electrons. The van der Waals surface area contributed by atoms with E-state index in [-0.39, 0.29) is 29.9 Å². The largest absolute Gasteiger partial charge is 0.461 e. The number of halogens is 1. The summed E-state index contributed by atoms with van der Waals surface area (Å²) in [7, 11) is 0. The molecule has 1 amide bonds. The number of carbonyl (C=O) groups excluding carboxylic acids is 1. The van der Waals surface area contributed by atoms with E-state index in [1.807, 2.05) is 17.9 Å². The molecule has 0 aromatic carbocycles. The lowest BCUT2D eigenvalue weighted by atomic mass is 10.3. The van der Waals surface area contributed by atoms with Gasteiger partial charge in [-0.3, -0.25) is 9.89 Å². The van der Waals surface area contributed by atoms with E-state index in [4.69, 9.17) is 4.42 Å². The Morgan fingerprint density at radius 3 is 2.69 bits per heavy atom. The van der Waals surface area contributed by atoms with Gasteiger partial charge < -0.3 is 19.5 Å². The van der Waals surface area contributed by atoms with E-state index in [0.717, 1.165) is 25.6 Å². The number of nitrogens with zero attached hydrogens (tertiary/aromatic N) is 5. The third kappa shape index (κ3) is 4.96. The minimum atomic E-state index is 0. The molecule has 26 heavy (non-hydrogen) atoms. The van der Waals surface area contributed by atoms with Gasteiger partial charge in [0, 0.05) is 39.6 Å². The number of piperazine rings is 1.